The Morgan fingerprint density at radius 3 is 2.36 bits per heavy atom. The summed E-state index contributed by atoms with van der Waals surface area (Å²) in [4.78, 5) is 33.7. The van der Waals surface area contributed by atoms with Gasteiger partial charge in [-0.05, 0) is 103 Å². The molecule has 0 heterocycles. The second-order valence-corrected chi connectivity index (χ2v) is 16.0. The van der Waals surface area contributed by atoms with Gasteiger partial charge in [-0.3, -0.25) is 14.4 Å². The fourth-order valence-corrected chi connectivity index (χ4v) is 11.0. The van der Waals surface area contributed by atoms with Gasteiger partial charge in [0.1, 0.15) is 0 Å². The molecule has 1 N–H and O–H groups in total. The maximum atomic E-state index is 14.5. The van der Waals surface area contributed by atoms with Crippen LogP contribution < -0.4 is 0 Å². The molecule has 0 aliphatic heterocycles. The van der Waals surface area contributed by atoms with Gasteiger partial charge in [0.15, 0.2) is 5.78 Å². The number of ketones is 1. The minimum absolute atomic E-state index is 0.0261. The summed E-state index contributed by atoms with van der Waals surface area (Å²) in [6, 6.07) is 0. The van der Waals surface area contributed by atoms with Crippen molar-refractivity contribution in [2.24, 2.45) is 50.2 Å². The Labute approximate surface area is 236 Å². The number of aliphatic hydroxyl groups excluding tert-OH is 1. The Morgan fingerprint density at radius 2 is 1.72 bits per heavy atom. The van der Waals surface area contributed by atoms with E-state index in [9.17, 15) is 14.7 Å². The van der Waals surface area contributed by atoms with Gasteiger partial charge in [-0.1, -0.05) is 60.1 Å². The normalized spacial score (nSPS) is 48.5. The Morgan fingerprint density at radius 1 is 1.05 bits per heavy atom. The van der Waals surface area contributed by atoms with Gasteiger partial charge >= 0.3 is 0 Å². The lowest BCUT2D eigenvalue weighted by molar-refractivity contribution is -0.204. The van der Waals surface area contributed by atoms with Gasteiger partial charge in [0.25, 0.3) is 5.91 Å². The van der Waals surface area contributed by atoms with Crippen LogP contribution in [0.25, 0.3) is 0 Å². The second kappa shape index (κ2) is 9.02. The van der Waals surface area contributed by atoms with Crippen molar-refractivity contribution in [2.45, 2.75) is 112 Å². The van der Waals surface area contributed by atoms with Crippen LogP contribution in [0.15, 0.2) is 24.3 Å². The fourth-order valence-electron chi connectivity index (χ4n) is 11.0. The maximum Gasteiger partial charge on any atom is 0.252 e. The lowest BCUT2D eigenvalue weighted by Gasteiger charge is -2.70. The third-order valence-corrected chi connectivity index (χ3v) is 13.8. The summed E-state index contributed by atoms with van der Waals surface area (Å²) in [5, 5.41) is 12.4. The number of allylic oxidation sites excluding steroid dienone is 2. The van der Waals surface area contributed by atoms with E-state index in [0.717, 1.165) is 57.8 Å². The van der Waals surface area contributed by atoms with Crippen LogP contribution in [-0.4, -0.2) is 41.6 Å². The number of carbonyl (C=O) groups excluding carboxylic acids is 2. The molecule has 9 atom stereocenters. The number of aliphatic hydroxyl groups is 1. The SMILES string of the molecule is C=CCN(OC)C(=O)[C@@]1(C)CC[C@]2(C)CC[C@]3(C)C(=CC(=O)[C@@H]4[C@@]5(C)CC[C@H](O)C(C)(C)C5CC[C@]43C)[C@@H]2C1. The number of hydrogen-bond donors (Lipinski definition) is 1. The van der Waals surface area contributed by atoms with Crippen LogP contribution in [0.2, 0.25) is 0 Å². The van der Waals surface area contributed by atoms with E-state index < -0.39 is 5.41 Å². The summed E-state index contributed by atoms with van der Waals surface area (Å²) < 4.78 is 0. The summed E-state index contributed by atoms with van der Waals surface area (Å²) in [5.74, 6) is 0.850. The topological polar surface area (TPSA) is 66.8 Å². The summed E-state index contributed by atoms with van der Waals surface area (Å²) in [6.07, 6.45) is 12.1. The minimum atomic E-state index is -0.531. The van der Waals surface area contributed by atoms with Gasteiger partial charge in [0.05, 0.1) is 19.8 Å². The molecule has 0 aromatic heterocycles. The number of nitrogens with zero attached hydrogens (tertiary/aromatic N) is 1. The van der Waals surface area contributed by atoms with Crippen LogP contribution in [0.5, 0.6) is 0 Å². The van der Waals surface area contributed by atoms with Crippen molar-refractivity contribution in [2.75, 3.05) is 13.7 Å². The molecule has 218 valence electrons. The summed E-state index contributed by atoms with van der Waals surface area (Å²) in [7, 11) is 1.56. The first-order valence-corrected chi connectivity index (χ1v) is 15.4. The highest BCUT2D eigenvalue weighted by Crippen LogP contribution is 2.75. The van der Waals surface area contributed by atoms with Crippen molar-refractivity contribution in [1.29, 1.82) is 0 Å². The lowest BCUT2D eigenvalue weighted by Crippen LogP contribution is -2.66. The number of amides is 1. The van der Waals surface area contributed by atoms with E-state index in [0.29, 0.717) is 18.2 Å². The van der Waals surface area contributed by atoms with Crippen molar-refractivity contribution < 1.29 is 19.5 Å². The molecule has 0 aromatic carbocycles. The molecule has 5 nitrogen and oxygen atoms in total. The molecule has 0 bridgehead atoms. The van der Waals surface area contributed by atoms with E-state index in [-0.39, 0.29) is 50.9 Å². The Hall–Kier alpha value is -1.46. The smallest absolute Gasteiger partial charge is 0.252 e. The molecule has 1 unspecified atom stereocenters. The number of fused-ring (bicyclic) bond motifs is 7. The van der Waals surface area contributed by atoms with Gasteiger partial charge in [-0.2, -0.15) is 0 Å². The highest BCUT2D eigenvalue weighted by atomic mass is 16.7. The van der Waals surface area contributed by atoms with Gasteiger partial charge in [0.2, 0.25) is 0 Å². The third kappa shape index (κ3) is 3.77. The zero-order valence-electron chi connectivity index (χ0n) is 25.9. The quantitative estimate of drug-likeness (QED) is 0.312. The average Bonchev–Trinajstić information content (AvgIpc) is 2.87. The Kier molecular flexibility index (Phi) is 6.72. The fraction of sp³-hybridized carbons (Fsp3) is 0.824. The zero-order valence-corrected chi connectivity index (χ0v) is 25.9. The van der Waals surface area contributed by atoms with Crippen LogP contribution in [0.1, 0.15) is 106 Å². The zero-order chi connectivity index (χ0) is 28.8. The van der Waals surface area contributed by atoms with Gasteiger partial charge in [-0.25, -0.2) is 5.06 Å². The first-order chi connectivity index (χ1) is 18.0. The van der Waals surface area contributed by atoms with Crippen molar-refractivity contribution in [3.05, 3.63) is 24.3 Å². The highest BCUT2D eigenvalue weighted by Gasteiger charge is 2.70. The van der Waals surface area contributed by atoms with E-state index >= 15 is 0 Å². The third-order valence-electron chi connectivity index (χ3n) is 13.8. The van der Waals surface area contributed by atoms with Crippen molar-refractivity contribution in [1.82, 2.24) is 5.06 Å². The van der Waals surface area contributed by atoms with Crippen molar-refractivity contribution >= 4 is 11.7 Å². The number of hydroxylamine groups is 2. The number of hydrogen-bond acceptors (Lipinski definition) is 4. The van der Waals surface area contributed by atoms with Crippen LogP contribution in [0.4, 0.5) is 0 Å². The lowest BCUT2D eigenvalue weighted by atomic mass is 9.33. The molecular weight excluding hydrogens is 486 g/mol. The van der Waals surface area contributed by atoms with E-state index in [2.05, 4.69) is 61.1 Å². The number of carbonyl (C=O) groups is 2. The van der Waals surface area contributed by atoms with E-state index in [4.69, 9.17) is 4.84 Å². The van der Waals surface area contributed by atoms with Crippen molar-refractivity contribution in [3.63, 3.8) is 0 Å². The highest BCUT2D eigenvalue weighted by molar-refractivity contribution is 5.95. The van der Waals surface area contributed by atoms with Crippen molar-refractivity contribution in [3.8, 4) is 0 Å². The van der Waals surface area contributed by atoms with Crippen LogP contribution in [0, 0.1) is 50.2 Å². The van der Waals surface area contributed by atoms with Crippen LogP contribution in [-0.2, 0) is 14.4 Å². The Balaban J connectivity index is 1.56. The minimum Gasteiger partial charge on any atom is -0.393 e. The van der Waals surface area contributed by atoms with E-state index in [1.54, 1.807) is 13.2 Å². The molecule has 39 heavy (non-hydrogen) atoms. The van der Waals surface area contributed by atoms with E-state index in [1.165, 1.54) is 10.6 Å². The number of rotatable bonds is 4. The van der Waals surface area contributed by atoms with Crippen LogP contribution in [0.3, 0.4) is 0 Å². The Bertz CT molecular complexity index is 1090. The van der Waals surface area contributed by atoms with E-state index in [1.807, 2.05) is 0 Å². The monoisotopic (exact) mass is 539 g/mol. The molecule has 5 heteroatoms. The molecule has 5 aliphatic rings. The molecular formula is C34H53NO4. The van der Waals surface area contributed by atoms with Gasteiger partial charge in [0, 0.05) is 11.3 Å². The predicted octanol–water partition coefficient (Wildman–Crippen LogP) is 6.90. The summed E-state index contributed by atoms with van der Waals surface area (Å²) in [5.41, 5.74) is 0.391. The largest absolute Gasteiger partial charge is 0.393 e. The maximum absolute atomic E-state index is 14.5. The average molecular weight is 540 g/mol. The predicted molar refractivity (Wildman–Crippen MR) is 154 cm³/mol. The molecule has 1 amide bonds. The standard InChI is InChI=1S/C34H53NO4/c1-10-19-35(39-9)28(38)31(5)16-15-30(4)17-18-33(7)22(23(30)21-31)20-24(36)27-32(6)13-12-26(37)29(2,3)25(32)11-14-34(27,33)8/h10,20,23,25-27,37H,1,11-19,21H2,2-9H3/t23-,25?,26-,27+,30+,31-,32-,33+,34+/m0/s1. The summed E-state index contributed by atoms with van der Waals surface area (Å²) in [6.45, 7) is 20.4. The molecule has 0 saturated heterocycles. The molecule has 0 aromatic rings. The molecule has 0 spiro atoms. The molecule has 5 aliphatic carbocycles. The molecule has 4 saturated carbocycles. The first kappa shape index (κ1) is 29.0. The second-order valence-electron chi connectivity index (χ2n) is 16.0. The first-order valence-electron chi connectivity index (χ1n) is 15.4. The van der Waals surface area contributed by atoms with Gasteiger partial charge < -0.3 is 5.11 Å². The molecule has 5 rings (SSSR count). The molecule has 0 radical (unpaired) electrons. The van der Waals surface area contributed by atoms with Crippen LogP contribution >= 0.6 is 0 Å². The summed E-state index contributed by atoms with van der Waals surface area (Å²) >= 11 is 0. The van der Waals surface area contributed by atoms with Gasteiger partial charge in [-0.15, -0.1) is 6.58 Å². The molecule has 4 fully saturated rings.